The van der Waals surface area contributed by atoms with Crippen LogP contribution in [0.1, 0.15) is 89.7 Å². The van der Waals surface area contributed by atoms with E-state index in [0.717, 1.165) is 44.2 Å². The van der Waals surface area contributed by atoms with Crippen LogP contribution < -0.4 is 5.32 Å². The van der Waals surface area contributed by atoms with Gasteiger partial charge in [-0.1, -0.05) is 69.1 Å². The Balaban J connectivity index is 1.83. The molecule has 1 rings (SSSR count). The molecule has 162 valence electrons. The van der Waals surface area contributed by atoms with Crippen LogP contribution in [0.5, 0.6) is 0 Å². The van der Waals surface area contributed by atoms with Crippen LogP contribution in [0, 0.1) is 0 Å². The van der Waals surface area contributed by atoms with Gasteiger partial charge in [-0.3, -0.25) is 4.79 Å². The fourth-order valence-electron chi connectivity index (χ4n) is 3.04. The molecule has 0 bridgehead atoms. The SMILES string of the molecule is CCCCC/C=C\C/C=C\C/C=C\CCCCCCC(=O)NCCc1cnc[nH]1. The molecule has 4 nitrogen and oxygen atoms in total. The zero-order chi connectivity index (χ0) is 20.8. The molecule has 4 heteroatoms. The maximum absolute atomic E-state index is 11.8. The van der Waals surface area contributed by atoms with E-state index < -0.39 is 0 Å². The molecule has 0 saturated carbocycles. The summed E-state index contributed by atoms with van der Waals surface area (Å²) in [6.45, 7) is 2.92. The molecular weight excluding hydrogens is 358 g/mol. The predicted octanol–water partition coefficient (Wildman–Crippen LogP) is 6.44. The first-order valence-electron chi connectivity index (χ1n) is 11.5. The van der Waals surface area contributed by atoms with Gasteiger partial charge in [-0.2, -0.15) is 0 Å². The summed E-state index contributed by atoms with van der Waals surface area (Å²) in [5.74, 6) is 0.159. The second kappa shape index (κ2) is 19.2. The molecule has 1 aromatic rings. The summed E-state index contributed by atoms with van der Waals surface area (Å²) in [5, 5.41) is 2.97. The molecule has 0 aliphatic rings. The van der Waals surface area contributed by atoms with Crippen molar-refractivity contribution in [2.24, 2.45) is 0 Å². The fraction of sp³-hybridized carbons (Fsp3) is 0.600. The van der Waals surface area contributed by atoms with Gasteiger partial charge in [0, 0.05) is 31.3 Å². The molecule has 0 spiro atoms. The van der Waals surface area contributed by atoms with E-state index in [1.54, 1.807) is 12.5 Å². The van der Waals surface area contributed by atoms with Crippen molar-refractivity contribution < 1.29 is 4.79 Å². The second-order valence-electron chi connectivity index (χ2n) is 7.51. The van der Waals surface area contributed by atoms with Crippen LogP contribution in [0.3, 0.4) is 0 Å². The molecule has 1 heterocycles. The van der Waals surface area contributed by atoms with Gasteiger partial charge in [-0.15, -0.1) is 0 Å². The average Bonchev–Trinajstić information content (AvgIpc) is 3.24. The Labute approximate surface area is 178 Å². The van der Waals surface area contributed by atoms with E-state index in [1.165, 1.54) is 38.5 Å². The number of amides is 1. The minimum absolute atomic E-state index is 0.159. The number of aromatic amines is 1. The van der Waals surface area contributed by atoms with Crippen LogP contribution in [0.15, 0.2) is 49.0 Å². The molecule has 2 N–H and O–H groups in total. The van der Waals surface area contributed by atoms with Crippen LogP contribution in [-0.2, 0) is 11.2 Å². The van der Waals surface area contributed by atoms with Gasteiger partial charge < -0.3 is 10.3 Å². The third kappa shape index (κ3) is 16.5. The molecule has 1 amide bonds. The van der Waals surface area contributed by atoms with Crippen molar-refractivity contribution in [3.8, 4) is 0 Å². The normalized spacial score (nSPS) is 11.9. The van der Waals surface area contributed by atoms with Gasteiger partial charge in [0.05, 0.1) is 6.33 Å². The lowest BCUT2D eigenvalue weighted by molar-refractivity contribution is -0.121. The predicted molar refractivity (Wildman–Crippen MR) is 124 cm³/mol. The quantitative estimate of drug-likeness (QED) is 0.220. The number of nitrogens with zero attached hydrogens (tertiary/aromatic N) is 1. The third-order valence-corrected chi connectivity index (χ3v) is 4.81. The molecule has 29 heavy (non-hydrogen) atoms. The van der Waals surface area contributed by atoms with Crippen molar-refractivity contribution in [2.75, 3.05) is 6.54 Å². The van der Waals surface area contributed by atoms with Crippen molar-refractivity contribution in [3.63, 3.8) is 0 Å². The van der Waals surface area contributed by atoms with Gasteiger partial charge in [-0.05, 0) is 44.9 Å². The summed E-state index contributed by atoms with van der Waals surface area (Å²) < 4.78 is 0. The second-order valence-corrected chi connectivity index (χ2v) is 7.51. The van der Waals surface area contributed by atoms with Crippen LogP contribution in [-0.4, -0.2) is 22.4 Å². The number of hydrogen-bond donors (Lipinski definition) is 2. The monoisotopic (exact) mass is 399 g/mol. The standard InChI is InChI=1S/C25H41N3O/c1-2-3-4-5-6-7-8-9-10-11-12-13-14-15-16-17-18-19-25(29)27-21-20-24-22-26-23-28-24/h6-7,9-10,12-13,22-23H,2-5,8,11,14-21H2,1H3,(H,26,28)(H,27,29)/b7-6-,10-9-,13-12-. The van der Waals surface area contributed by atoms with Crippen LogP contribution in [0.25, 0.3) is 0 Å². The summed E-state index contributed by atoms with van der Waals surface area (Å²) >= 11 is 0. The van der Waals surface area contributed by atoms with Crippen molar-refractivity contribution >= 4 is 5.91 Å². The van der Waals surface area contributed by atoms with Crippen molar-refractivity contribution in [3.05, 3.63) is 54.7 Å². The van der Waals surface area contributed by atoms with Crippen molar-refractivity contribution in [2.45, 2.75) is 90.4 Å². The number of H-pyrrole nitrogens is 1. The van der Waals surface area contributed by atoms with Gasteiger partial charge in [-0.25, -0.2) is 4.98 Å². The molecule has 0 saturated heterocycles. The first kappa shape index (κ1) is 24.9. The number of nitrogens with one attached hydrogen (secondary N) is 2. The Hall–Kier alpha value is -2.10. The number of hydrogen-bond acceptors (Lipinski definition) is 2. The first-order valence-corrected chi connectivity index (χ1v) is 11.5. The van der Waals surface area contributed by atoms with E-state index in [-0.39, 0.29) is 5.91 Å². The minimum Gasteiger partial charge on any atom is -0.356 e. The molecule has 0 atom stereocenters. The number of aromatic nitrogens is 2. The van der Waals surface area contributed by atoms with Gasteiger partial charge in [0.1, 0.15) is 0 Å². The van der Waals surface area contributed by atoms with E-state index >= 15 is 0 Å². The molecule has 0 aliphatic heterocycles. The smallest absolute Gasteiger partial charge is 0.220 e. The Kier molecular flexibility index (Phi) is 16.5. The summed E-state index contributed by atoms with van der Waals surface area (Å²) in [5.41, 5.74) is 1.06. The maximum Gasteiger partial charge on any atom is 0.220 e. The van der Waals surface area contributed by atoms with E-state index in [2.05, 4.69) is 58.7 Å². The summed E-state index contributed by atoms with van der Waals surface area (Å²) in [6, 6.07) is 0. The van der Waals surface area contributed by atoms with Crippen molar-refractivity contribution in [1.29, 1.82) is 0 Å². The lowest BCUT2D eigenvalue weighted by Gasteiger charge is -2.04. The summed E-state index contributed by atoms with van der Waals surface area (Å²) in [4.78, 5) is 18.8. The Bertz CT molecular complexity index is 573. The zero-order valence-electron chi connectivity index (χ0n) is 18.4. The van der Waals surface area contributed by atoms with Crippen molar-refractivity contribution in [1.82, 2.24) is 15.3 Å². The van der Waals surface area contributed by atoms with E-state index in [1.807, 2.05) is 0 Å². The molecule has 1 aromatic heterocycles. The Morgan fingerprint density at radius 1 is 0.931 bits per heavy atom. The lowest BCUT2D eigenvalue weighted by Crippen LogP contribution is -2.25. The number of carbonyl (C=O) groups excluding carboxylic acids is 1. The molecule has 0 aromatic carbocycles. The number of carbonyl (C=O) groups is 1. The van der Waals surface area contributed by atoms with E-state index in [0.29, 0.717) is 13.0 Å². The van der Waals surface area contributed by atoms with Gasteiger partial charge in [0.15, 0.2) is 0 Å². The van der Waals surface area contributed by atoms with Crippen LogP contribution >= 0.6 is 0 Å². The number of rotatable bonds is 18. The van der Waals surface area contributed by atoms with Gasteiger partial charge in [0.2, 0.25) is 5.91 Å². The molecule has 0 aliphatic carbocycles. The van der Waals surface area contributed by atoms with E-state index in [4.69, 9.17) is 0 Å². The lowest BCUT2D eigenvalue weighted by atomic mass is 10.1. The third-order valence-electron chi connectivity index (χ3n) is 4.81. The summed E-state index contributed by atoms with van der Waals surface area (Å²) in [6.07, 6.45) is 31.4. The Morgan fingerprint density at radius 3 is 2.24 bits per heavy atom. The first-order chi connectivity index (χ1) is 14.3. The average molecular weight is 400 g/mol. The highest BCUT2D eigenvalue weighted by Gasteiger charge is 2.01. The maximum atomic E-state index is 11.8. The van der Waals surface area contributed by atoms with Crippen LogP contribution in [0.2, 0.25) is 0 Å². The van der Waals surface area contributed by atoms with Gasteiger partial charge >= 0.3 is 0 Å². The van der Waals surface area contributed by atoms with E-state index in [9.17, 15) is 4.79 Å². The number of imidazole rings is 1. The Morgan fingerprint density at radius 2 is 1.59 bits per heavy atom. The minimum atomic E-state index is 0.159. The largest absolute Gasteiger partial charge is 0.356 e. The number of allylic oxidation sites excluding steroid dienone is 6. The summed E-state index contributed by atoms with van der Waals surface area (Å²) in [7, 11) is 0. The van der Waals surface area contributed by atoms with Gasteiger partial charge in [0.25, 0.3) is 0 Å². The highest BCUT2D eigenvalue weighted by Crippen LogP contribution is 2.06. The highest BCUT2D eigenvalue weighted by atomic mass is 16.1. The molecule has 0 radical (unpaired) electrons. The molecule has 0 unspecified atom stereocenters. The molecule has 0 fully saturated rings. The van der Waals surface area contributed by atoms with Crippen LogP contribution in [0.4, 0.5) is 0 Å². The number of unbranched alkanes of at least 4 members (excludes halogenated alkanes) is 7. The highest BCUT2D eigenvalue weighted by molar-refractivity contribution is 5.75. The fourth-order valence-corrected chi connectivity index (χ4v) is 3.04. The zero-order valence-corrected chi connectivity index (χ0v) is 18.4. The molecular formula is C25H41N3O. The topological polar surface area (TPSA) is 57.8 Å².